The zero-order chi connectivity index (χ0) is 21.8. The number of aromatic nitrogens is 3. The van der Waals surface area contributed by atoms with Crippen LogP contribution in [0.4, 0.5) is 5.13 Å². The SMILES string of the molecule is CCCC(CC(=O)c1nnc(N2CCN(C(C)C)CC2)s1)Cc1c[nH]c2ccccc12. The number of carbonyl (C=O) groups excluding carboxylic acids is 1. The van der Waals surface area contributed by atoms with Crippen molar-refractivity contribution < 1.29 is 4.79 Å². The van der Waals surface area contributed by atoms with Crippen LogP contribution in [0.15, 0.2) is 30.5 Å². The molecule has 7 heteroatoms. The second-order valence-corrected chi connectivity index (χ2v) is 9.81. The van der Waals surface area contributed by atoms with E-state index in [-0.39, 0.29) is 5.78 Å². The van der Waals surface area contributed by atoms with Gasteiger partial charge in [-0.05, 0) is 44.2 Å². The fourth-order valence-electron chi connectivity index (χ4n) is 4.53. The predicted molar refractivity (Wildman–Crippen MR) is 128 cm³/mol. The first-order chi connectivity index (χ1) is 15.0. The number of piperazine rings is 1. The Kier molecular flexibility index (Phi) is 7.02. The standard InChI is InChI=1S/C24H33N5OS/c1-4-7-18(14-19-16-25-21-9-6-5-8-20(19)21)15-22(30)23-26-27-24(31-23)29-12-10-28(11-13-29)17(2)3/h5-6,8-9,16-18,25H,4,7,10-15H2,1-3H3. The quantitative estimate of drug-likeness (QED) is 0.486. The number of carbonyl (C=O) groups is 1. The fourth-order valence-corrected chi connectivity index (χ4v) is 5.38. The lowest BCUT2D eigenvalue weighted by Crippen LogP contribution is -2.48. The third-order valence-corrected chi connectivity index (χ3v) is 7.35. The van der Waals surface area contributed by atoms with Gasteiger partial charge in [0.15, 0.2) is 10.8 Å². The number of rotatable bonds is 9. The molecule has 1 saturated heterocycles. The van der Waals surface area contributed by atoms with Gasteiger partial charge < -0.3 is 9.88 Å². The second-order valence-electron chi connectivity index (χ2n) is 8.85. The van der Waals surface area contributed by atoms with E-state index in [1.807, 2.05) is 6.07 Å². The Morgan fingerprint density at radius 2 is 1.94 bits per heavy atom. The maximum atomic E-state index is 13.0. The van der Waals surface area contributed by atoms with E-state index in [1.54, 1.807) is 0 Å². The third-order valence-electron chi connectivity index (χ3n) is 6.32. The summed E-state index contributed by atoms with van der Waals surface area (Å²) >= 11 is 1.46. The van der Waals surface area contributed by atoms with Crippen molar-refractivity contribution in [2.75, 3.05) is 31.1 Å². The molecule has 0 bridgehead atoms. The molecule has 1 atom stereocenters. The monoisotopic (exact) mass is 439 g/mol. The predicted octanol–water partition coefficient (Wildman–Crippen LogP) is 4.78. The topological polar surface area (TPSA) is 65.1 Å². The van der Waals surface area contributed by atoms with Gasteiger partial charge >= 0.3 is 0 Å². The Bertz CT molecular complexity index is 1000. The molecule has 0 aliphatic carbocycles. The number of aromatic amines is 1. The Hall–Kier alpha value is -2.25. The normalized spacial score (nSPS) is 16.3. The third kappa shape index (κ3) is 5.15. The molecule has 0 saturated carbocycles. The van der Waals surface area contributed by atoms with E-state index in [9.17, 15) is 4.79 Å². The number of anilines is 1. The Labute approximate surface area is 188 Å². The van der Waals surface area contributed by atoms with Crippen LogP contribution in [-0.2, 0) is 6.42 Å². The summed E-state index contributed by atoms with van der Waals surface area (Å²) in [6.45, 7) is 10.6. The smallest absolute Gasteiger partial charge is 0.208 e. The maximum Gasteiger partial charge on any atom is 0.208 e. The Balaban J connectivity index is 1.39. The van der Waals surface area contributed by atoms with Gasteiger partial charge in [-0.2, -0.15) is 0 Å². The first kappa shape index (κ1) is 22.0. The van der Waals surface area contributed by atoms with Crippen molar-refractivity contribution in [1.29, 1.82) is 0 Å². The van der Waals surface area contributed by atoms with Crippen molar-refractivity contribution in [3.05, 3.63) is 41.0 Å². The number of ketones is 1. The Morgan fingerprint density at radius 3 is 2.68 bits per heavy atom. The van der Waals surface area contributed by atoms with E-state index < -0.39 is 0 Å². The van der Waals surface area contributed by atoms with Gasteiger partial charge in [0.2, 0.25) is 5.13 Å². The van der Waals surface area contributed by atoms with Crippen molar-refractivity contribution in [2.45, 2.75) is 52.5 Å². The van der Waals surface area contributed by atoms with Gasteiger partial charge in [-0.25, -0.2) is 0 Å². The van der Waals surface area contributed by atoms with Crippen LogP contribution in [0.1, 0.15) is 55.4 Å². The average Bonchev–Trinajstić information content (AvgIpc) is 3.42. The fraction of sp³-hybridized carbons (Fsp3) is 0.542. The van der Waals surface area contributed by atoms with E-state index >= 15 is 0 Å². The molecule has 1 unspecified atom stereocenters. The number of nitrogens with one attached hydrogen (secondary N) is 1. The lowest BCUT2D eigenvalue weighted by atomic mass is 9.90. The van der Waals surface area contributed by atoms with Gasteiger partial charge in [0.1, 0.15) is 0 Å². The Morgan fingerprint density at radius 1 is 1.16 bits per heavy atom. The number of nitrogens with zero attached hydrogens (tertiary/aromatic N) is 4. The van der Waals surface area contributed by atoms with Crippen LogP contribution in [0.25, 0.3) is 10.9 Å². The molecule has 1 fully saturated rings. The van der Waals surface area contributed by atoms with E-state index in [0.717, 1.165) is 56.1 Å². The maximum absolute atomic E-state index is 13.0. The van der Waals surface area contributed by atoms with Gasteiger partial charge in [-0.15, -0.1) is 10.2 Å². The zero-order valence-electron chi connectivity index (χ0n) is 18.8. The summed E-state index contributed by atoms with van der Waals surface area (Å²) in [5.74, 6) is 0.446. The first-order valence-corrected chi connectivity index (χ1v) is 12.3. The molecule has 0 radical (unpaired) electrons. The minimum atomic E-state index is 0.128. The van der Waals surface area contributed by atoms with Gasteiger partial charge in [-0.3, -0.25) is 9.69 Å². The number of fused-ring (bicyclic) bond motifs is 1. The highest BCUT2D eigenvalue weighted by molar-refractivity contribution is 7.17. The number of para-hydroxylation sites is 1. The minimum Gasteiger partial charge on any atom is -0.361 e. The van der Waals surface area contributed by atoms with Gasteiger partial charge in [0, 0.05) is 55.7 Å². The van der Waals surface area contributed by atoms with E-state index in [0.29, 0.717) is 23.4 Å². The molecule has 4 rings (SSSR count). The number of hydrogen-bond donors (Lipinski definition) is 1. The number of benzene rings is 1. The summed E-state index contributed by atoms with van der Waals surface area (Å²) in [5, 5.41) is 11.3. The molecule has 0 spiro atoms. The van der Waals surface area contributed by atoms with Crippen molar-refractivity contribution in [2.24, 2.45) is 5.92 Å². The molecule has 0 amide bonds. The summed E-state index contributed by atoms with van der Waals surface area (Å²) in [5.41, 5.74) is 2.45. The van der Waals surface area contributed by atoms with Crippen molar-refractivity contribution in [3.63, 3.8) is 0 Å². The van der Waals surface area contributed by atoms with Crippen molar-refractivity contribution in [3.8, 4) is 0 Å². The van der Waals surface area contributed by atoms with Crippen LogP contribution in [0, 0.1) is 5.92 Å². The highest BCUT2D eigenvalue weighted by Gasteiger charge is 2.24. The average molecular weight is 440 g/mol. The van der Waals surface area contributed by atoms with Gasteiger partial charge in [0.25, 0.3) is 0 Å². The summed E-state index contributed by atoms with van der Waals surface area (Å²) in [4.78, 5) is 21.1. The van der Waals surface area contributed by atoms with Crippen LogP contribution >= 0.6 is 11.3 Å². The van der Waals surface area contributed by atoms with E-state index in [4.69, 9.17) is 0 Å². The molecule has 1 N–H and O–H groups in total. The van der Waals surface area contributed by atoms with E-state index in [2.05, 4.69) is 70.1 Å². The summed E-state index contributed by atoms with van der Waals surface area (Å²) in [6.07, 6.45) is 5.64. The van der Waals surface area contributed by atoms with Crippen molar-refractivity contribution >= 4 is 33.2 Å². The summed E-state index contributed by atoms with van der Waals surface area (Å²) in [7, 11) is 0. The highest BCUT2D eigenvalue weighted by Crippen LogP contribution is 2.28. The molecule has 2 aromatic heterocycles. The molecule has 3 aromatic rings. The van der Waals surface area contributed by atoms with Crippen molar-refractivity contribution in [1.82, 2.24) is 20.1 Å². The molecule has 1 aromatic carbocycles. The zero-order valence-corrected chi connectivity index (χ0v) is 19.6. The lowest BCUT2D eigenvalue weighted by Gasteiger charge is -2.36. The molecule has 1 aliphatic heterocycles. The largest absolute Gasteiger partial charge is 0.361 e. The van der Waals surface area contributed by atoms with Gasteiger partial charge in [-0.1, -0.05) is 42.9 Å². The number of H-pyrrole nitrogens is 1. The van der Waals surface area contributed by atoms with Crippen LogP contribution in [-0.4, -0.2) is 58.1 Å². The second kappa shape index (κ2) is 9.92. The van der Waals surface area contributed by atoms with Crippen LogP contribution in [0.3, 0.4) is 0 Å². The minimum absolute atomic E-state index is 0.128. The van der Waals surface area contributed by atoms with Crippen LogP contribution in [0.2, 0.25) is 0 Å². The van der Waals surface area contributed by atoms with Crippen LogP contribution in [0.5, 0.6) is 0 Å². The molecule has 166 valence electrons. The lowest BCUT2D eigenvalue weighted by molar-refractivity contribution is 0.0957. The summed E-state index contributed by atoms with van der Waals surface area (Å²) < 4.78 is 0. The number of Topliss-reactive ketones (excluding diaryl/α,β-unsaturated/α-hetero) is 1. The van der Waals surface area contributed by atoms with Gasteiger partial charge in [0.05, 0.1) is 0 Å². The molecular weight excluding hydrogens is 406 g/mol. The molecular formula is C24H33N5OS. The highest BCUT2D eigenvalue weighted by atomic mass is 32.1. The molecule has 6 nitrogen and oxygen atoms in total. The van der Waals surface area contributed by atoms with E-state index in [1.165, 1.54) is 22.3 Å². The van der Waals surface area contributed by atoms with Crippen LogP contribution < -0.4 is 4.90 Å². The molecule has 31 heavy (non-hydrogen) atoms. The molecule has 1 aliphatic rings. The number of hydrogen-bond acceptors (Lipinski definition) is 6. The first-order valence-electron chi connectivity index (χ1n) is 11.5. The summed E-state index contributed by atoms with van der Waals surface area (Å²) in [6, 6.07) is 8.95. The molecule has 3 heterocycles.